The molecule has 1 aromatic carbocycles. The van der Waals surface area contributed by atoms with Gasteiger partial charge in [-0.25, -0.2) is 4.79 Å². The summed E-state index contributed by atoms with van der Waals surface area (Å²) in [5.41, 5.74) is 0.923. The van der Waals surface area contributed by atoms with E-state index >= 15 is 0 Å². The van der Waals surface area contributed by atoms with E-state index in [2.05, 4.69) is 15.9 Å². The van der Waals surface area contributed by atoms with E-state index in [0.29, 0.717) is 32.5 Å². The van der Waals surface area contributed by atoms with Gasteiger partial charge in [0.15, 0.2) is 11.3 Å². The molecule has 5 nitrogen and oxygen atoms in total. The fraction of sp³-hybridized carbons (Fsp3) is 0.250. The molecule has 2 aromatic rings. The Morgan fingerprint density at radius 3 is 2.44 bits per heavy atom. The molecule has 2 rings (SSSR count). The molecular weight excluding hydrogens is 304 g/mol. The molecule has 0 amide bonds. The minimum atomic E-state index is -1.11. The van der Waals surface area contributed by atoms with Crippen molar-refractivity contribution < 1.29 is 23.8 Å². The van der Waals surface area contributed by atoms with Crippen LogP contribution < -0.4 is 9.47 Å². The summed E-state index contributed by atoms with van der Waals surface area (Å²) in [4.78, 5) is 11.1. The Balaban J connectivity index is 2.89. The summed E-state index contributed by atoms with van der Waals surface area (Å²) in [6, 6.07) is 1.75. The van der Waals surface area contributed by atoms with Gasteiger partial charge in [0.1, 0.15) is 0 Å². The molecule has 1 N–H and O–H groups in total. The monoisotopic (exact) mass is 314 g/mol. The van der Waals surface area contributed by atoms with Gasteiger partial charge in [-0.2, -0.15) is 0 Å². The maximum atomic E-state index is 11.1. The third kappa shape index (κ3) is 1.73. The van der Waals surface area contributed by atoms with Crippen LogP contribution in [0.1, 0.15) is 16.1 Å². The predicted octanol–water partition coefficient (Wildman–Crippen LogP) is 3.22. The summed E-state index contributed by atoms with van der Waals surface area (Å²) in [7, 11) is 2.98. The molecule has 0 saturated carbocycles. The fourth-order valence-corrected chi connectivity index (χ4v) is 2.42. The highest BCUT2D eigenvalue weighted by Gasteiger charge is 2.23. The van der Waals surface area contributed by atoms with Crippen LogP contribution in [0.5, 0.6) is 11.5 Å². The normalized spacial score (nSPS) is 10.7. The Morgan fingerprint density at radius 1 is 1.33 bits per heavy atom. The van der Waals surface area contributed by atoms with Crippen LogP contribution in [0.4, 0.5) is 0 Å². The van der Waals surface area contributed by atoms with Crippen molar-refractivity contribution in [1.82, 2.24) is 0 Å². The molecule has 1 heterocycles. The van der Waals surface area contributed by atoms with Gasteiger partial charge in [-0.3, -0.25) is 0 Å². The van der Waals surface area contributed by atoms with Crippen molar-refractivity contribution in [2.45, 2.75) is 6.92 Å². The predicted molar refractivity (Wildman–Crippen MR) is 68.7 cm³/mol. The minimum absolute atomic E-state index is 0.0940. The van der Waals surface area contributed by atoms with Crippen molar-refractivity contribution in [3.63, 3.8) is 0 Å². The molecule has 6 heteroatoms. The highest BCUT2D eigenvalue weighted by molar-refractivity contribution is 9.10. The molecule has 0 unspecified atom stereocenters. The molecule has 18 heavy (non-hydrogen) atoms. The quantitative estimate of drug-likeness (QED) is 0.942. The Hall–Kier alpha value is -1.69. The first-order valence-electron chi connectivity index (χ1n) is 5.08. The van der Waals surface area contributed by atoms with E-state index in [1.54, 1.807) is 13.0 Å². The maximum absolute atomic E-state index is 11.1. The topological polar surface area (TPSA) is 68.9 Å². The van der Waals surface area contributed by atoms with E-state index in [1.165, 1.54) is 14.2 Å². The summed E-state index contributed by atoms with van der Waals surface area (Å²) in [6.45, 7) is 1.69. The standard InChI is InChI=1S/C12H11BrO5/c1-5-6-4-7(13)10(16-2)11(17-3)9(6)18-8(5)12(14)15/h4H,1-3H3,(H,14,15). The lowest BCUT2D eigenvalue weighted by Crippen LogP contribution is -1.95. The van der Waals surface area contributed by atoms with Crippen molar-refractivity contribution in [2.24, 2.45) is 0 Å². The highest BCUT2D eigenvalue weighted by atomic mass is 79.9. The number of carboxylic acids is 1. The third-order valence-corrected chi connectivity index (χ3v) is 3.29. The molecule has 96 valence electrons. The summed E-state index contributed by atoms with van der Waals surface area (Å²) < 4.78 is 16.5. The van der Waals surface area contributed by atoms with Crippen LogP contribution in [-0.2, 0) is 0 Å². The lowest BCUT2D eigenvalue weighted by molar-refractivity contribution is 0.0663. The lowest BCUT2D eigenvalue weighted by Gasteiger charge is -2.09. The number of rotatable bonds is 3. The summed E-state index contributed by atoms with van der Waals surface area (Å²) in [6.07, 6.45) is 0. The Kier molecular flexibility index (Phi) is 3.21. The summed E-state index contributed by atoms with van der Waals surface area (Å²) in [5, 5.41) is 9.73. The molecule has 0 radical (unpaired) electrons. The van der Waals surface area contributed by atoms with Gasteiger partial charge in [-0.15, -0.1) is 0 Å². The molecule has 0 aliphatic carbocycles. The van der Waals surface area contributed by atoms with Crippen LogP contribution in [0.25, 0.3) is 11.0 Å². The molecule has 0 saturated heterocycles. The van der Waals surface area contributed by atoms with Crippen LogP contribution in [0, 0.1) is 6.92 Å². The van der Waals surface area contributed by atoms with Crippen molar-refractivity contribution in [2.75, 3.05) is 14.2 Å². The van der Waals surface area contributed by atoms with Crippen molar-refractivity contribution >= 4 is 32.9 Å². The SMILES string of the molecule is COc1c(Br)cc2c(C)c(C(=O)O)oc2c1OC. The molecule has 0 aliphatic rings. The second-order valence-corrected chi connectivity index (χ2v) is 4.52. The first-order valence-corrected chi connectivity index (χ1v) is 5.87. The number of aromatic carboxylic acids is 1. The van der Waals surface area contributed by atoms with Gasteiger partial charge < -0.3 is 19.0 Å². The minimum Gasteiger partial charge on any atom is -0.492 e. The molecular formula is C12H11BrO5. The van der Waals surface area contributed by atoms with E-state index in [1.807, 2.05) is 0 Å². The fourth-order valence-electron chi connectivity index (χ4n) is 1.85. The van der Waals surface area contributed by atoms with Gasteiger partial charge in [-0.05, 0) is 28.9 Å². The van der Waals surface area contributed by atoms with Crippen LogP contribution in [0.2, 0.25) is 0 Å². The van der Waals surface area contributed by atoms with E-state index in [0.717, 1.165) is 0 Å². The first kappa shape index (κ1) is 12.8. The Labute approximate surface area is 111 Å². The van der Waals surface area contributed by atoms with Crippen molar-refractivity contribution in [1.29, 1.82) is 0 Å². The van der Waals surface area contributed by atoms with E-state index in [4.69, 9.17) is 19.0 Å². The average Bonchev–Trinajstić information content (AvgIpc) is 2.65. The Bertz CT molecular complexity index is 629. The second kappa shape index (κ2) is 4.53. The van der Waals surface area contributed by atoms with Crippen LogP contribution in [0.15, 0.2) is 15.0 Å². The number of methoxy groups -OCH3 is 2. The van der Waals surface area contributed by atoms with Gasteiger partial charge in [0.05, 0.1) is 18.7 Å². The van der Waals surface area contributed by atoms with E-state index in [9.17, 15) is 4.79 Å². The molecule has 0 aliphatic heterocycles. The molecule has 1 aromatic heterocycles. The Morgan fingerprint density at radius 2 is 1.94 bits per heavy atom. The largest absolute Gasteiger partial charge is 0.492 e. The van der Waals surface area contributed by atoms with Gasteiger partial charge in [0.2, 0.25) is 11.5 Å². The highest BCUT2D eigenvalue weighted by Crippen LogP contribution is 2.44. The number of aryl methyl sites for hydroxylation is 1. The van der Waals surface area contributed by atoms with Gasteiger partial charge >= 0.3 is 5.97 Å². The molecule has 0 spiro atoms. The van der Waals surface area contributed by atoms with Crippen molar-refractivity contribution in [3.05, 3.63) is 21.9 Å². The zero-order valence-electron chi connectivity index (χ0n) is 10.0. The number of hydrogen-bond acceptors (Lipinski definition) is 4. The van der Waals surface area contributed by atoms with Gasteiger partial charge in [0.25, 0.3) is 0 Å². The number of benzene rings is 1. The second-order valence-electron chi connectivity index (χ2n) is 3.66. The number of ether oxygens (including phenoxy) is 2. The number of hydrogen-bond donors (Lipinski definition) is 1. The smallest absolute Gasteiger partial charge is 0.372 e. The number of carboxylic acid groups (broad SMARTS) is 1. The number of halogens is 1. The number of furan rings is 1. The summed E-state index contributed by atoms with van der Waals surface area (Å²) >= 11 is 3.36. The lowest BCUT2D eigenvalue weighted by atomic mass is 10.1. The van der Waals surface area contributed by atoms with Crippen LogP contribution in [-0.4, -0.2) is 25.3 Å². The molecule has 0 fully saturated rings. The third-order valence-electron chi connectivity index (χ3n) is 2.70. The van der Waals surface area contributed by atoms with E-state index in [-0.39, 0.29) is 5.76 Å². The van der Waals surface area contributed by atoms with Crippen molar-refractivity contribution in [3.8, 4) is 11.5 Å². The molecule has 0 bridgehead atoms. The van der Waals surface area contributed by atoms with Gasteiger partial charge in [-0.1, -0.05) is 0 Å². The zero-order chi connectivity index (χ0) is 13.4. The molecule has 0 atom stereocenters. The van der Waals surface area contributed by atoms with Gasteiger partial charge in [0, 0.05) is 10.9 Å². The first-order chi connectivity index (χ1) is 8.51. The zero-order valence-corrected chi connectivity index (χ0v) is 11.6. The number of carbonyl (C=O) groups is 1. The summed E-state index contributed by atoms with van der Waals surface area (Å²) in [5.74, 6) is -0.363. The average molecular weight is 315 g/mol. The maximum Gasteiger partial charge on any atom is 0.372 e. The van der Waals surface area contributed by atoms with Crippen LogP contribution >= 0.6 is 15.9 Å². The van der Waals surface area contributed by atoms with E-state index < -0.39 is 5.97 Å². The van der Waals surface area contributed by atoms with Crippen LogP contribution in [0.3, 0.4) is 0 Å². The number of fused-ring (bicyclic) bond motifs is 1.